The molecule has 0 fully saturated rings. The van der Waals surface area contributed by atoms with Gasteiger partial charge in [0.05, 0.1) is 11.8 Å². The maximum Gasteiger partial charge on any atom is 0.240 e. The summed E-state index contributed by atoms with van der Waals surface area (Å²) in [6.45, 7) is 3.24. The van der Waals surface area contributed by atoms with Crippen LogP contribution in [0.5, 0.6) is 0 Å². The molecule has 8 heteroatoms. The molecule has 0 aliphatic heterocycles. The molecule has 1 amide bonds. The van der Waals surface area contributed by atoms with Crippen molar-refractivity contribution in [2.24, 2.45) is 5.73 Å². The van der Waals surface area contributed by atoms with E-state index in [-0.39, 0.29) is 24.1 Å². The maximum atomic E-state index is 14.2. The summed E-state index contributed by atoms with van der Waals surface area (Å²) < 4.78 is 42.7. The van der Waals surface area contributed by atoms with Crippen molar-refractivity contribution >= 4 is 16.9 Å². The van der Waals surface area contributed by atoms with Crippen molar-refractivity contribution in [1.29, 1.82) is 0 Å². The number of carbonyl (C=O) groups is 1. The van der Waals surface area contributed by atoms with E-state index in [1.165, 1.54) is 23.0 Å². The van der Waals surface area contributed by atoms with E-state index in [0.29, 0.717) is 11.1 Å². The van der Waals surface area contributed by atoms with Gasteiger partial charge in [0.15, 0.2) is 11.6 Å². The molecule has 0 aliphatic carbocycles. The van der Waals surface area contributed by atoms with Crippen LogP contribution in [0.15, 0.2) is 36.7 Å². The monoisotopic (exact) mass is 376 g/mol. The lowest BCUT2D eigenvalue weighted by Gasteiger charge is -2.20. The zero-order valence-electron chi connectivity index (χ0n) is 14.9. The van der Waals surface area contributed by atoms with E-state index in [4.69, 9.17) is 5.73 Å². The van der Waals surface area contributed by atoms with Gasteiger partial charge in [0.2, 0.25) is 5.91 Å². The van der Waals surface area contributed by atoms with Gasteiger partial charge in [-0.1, -0.05) is 12.1 Å². The summed E-state index contributed by atoms with van der Waals surface area (Å²) >= 11 is 0. The molecule has 0 saturated carbocycles. The third kappa shape index (κ3) is 3.95. The van der Waals surface area contributed by atoms with Gasteiger partial charge in [0.25, 0.3) is 0 Å². The Morgan fingerprint density at radius 3 is 2.59 bits per heavy atom. The molecule has 27 heavy (non-hydrogen) atoms. The van der Waals surface area contributed by atoms with Gasteiger partial charge in [-0.2, -0.15) is 0 Å². The number of halogens is 3. The van der Waals surface area contributed by atoms with Crippen LogP contribution in [0.2, 0.25) is 0 Å². The van der Waals surface area contributed by atoms with Gasteiger partial charge >= 0.3 is 0 Å². The van der Waals surface area contributed by atoms with Crippen LogP contribution in [0, 0.1) is 17.5 Å². The second-order valence-corrected chi connectivity index (χ2v) is 6.91. The molecule has 2 aromatic carbocycles. The van der Waals surface area contributed by atoms with E-state index in [0.717, 1.165) is 6.07 Å². The van der Waals surface area contributed by atoms with Gasteiger partial charge in [-0.05, 0) is 37.6 Å². The molecule has 3 N–H and O–H groups in total. The Hall–Kier alpha value is -2.87. The van der Waals surface area contributed by atoms with Gasteiger partial charge in [0, 0.05) is 17.6 Å². The van der Waals surface area contributed by atoms with E-state index in [9.17, 15) is 18.0 Å². The molecule has 1 heterocycles. The molecule has 0 saturated heterocycles. The highest BCUT2D eigenvalue weighted by molar-refractivity contribution is 5.80. The molecule has 0 atom stereocenters. The minimum Gasteiger partial charge on any atom is -0.350 e. The van der Waals surface area contributed by atoms with E-state index in [1.807, 2.05) is 0 Å². The number of fused-ring (bicyclic) bond motifs is 1. The number of imidazole rings is 1. The first-order valence-corrected chi connectivity index (χ1v) is 8.30. The molecule has 0 unspecified atom stereocenters. The average Bonchev–Trinajstić information content (AvgIpc) is 2.98. The molecule has 3 aromatic rings. The van der Waals surface area contributed by atoms with Crippen molar-refractivity contribution in [3.8, 4) is 0 Å². The van der Waals surface area contributed by atoms with Crippen molar-refractivity contribution in [3.05, 3.63) is 65.2 Å². The van der Waals surface area contributed by atoms with Gasteiger partial charge < -0.3 is 15.6 Å². The van der Waals surface area contributed by atoms with Crippen LogP contribution in [0.1, 0.15) is 25.0 Å². The smallest absolute Gasteiger partial charge is 0.240 e. The summed E-state index contributed by atoms with van der Waals surface area (Å²) in [5, 5.41) is 2.62. The summed E-state index contributed by atoms with van der Waals surface area (Å²) in [7, 11) is 0. The van der Waals surface area contributed by atoms with Crippen molar-refractivity contribution in [3.63, 3.8) is 0 Å². The molecular formula is C19H19F3N4O. The molecule has 0 spiro atoms. The Bertz CT molecular complexity index is 1010. The zero-order valence-corrected chi connectivity index (χ0v) is 14.9. The minimum atomic E-state index is -1.06. The van der Waals surface area contributed by atoms with Crippen LogP contribution >= 0.6 is 0 Å². The molecule has 0 bridgehead atoms. The van der Waals surface area contributed by atoms with Crippen molar-refractivity contribution in [1.82, 2.24) is 14.9 Å². The fourth-order valence-electron chi connectivity index (χ4n) is 2.82. The number of benzene rings is 2. The fourth-order valence-corrected chi connectivity index (χ4v) is 2.82. The van der Waals surface area contributed by atoms with Crippen molar-refractivity contribution in [2.75, 3.05) is 0 Å². The first kappa shape index (κ1) is 18.9. The second kappa shape index (κ2) is 7.03. The lowest BCUT2D eigenvalue weighted by molar-refractivity contribution is -0.121. The number of rotatable bonds is 5. The van der Waals surface area contributed by atoms with Crippen LogP contribution < -0.4 is 11.1 Å². The molecular weight excluding hydrogens is 357 g/mol. The van der Waals surface area contributed by atoms with Crippen LogP contribution in [0.3, 0.4) is 0 Å². The Labute approximate surface area is 154 Å². The lowest BCUT2D eigenvalue weighted by Crippen LogP contribution is -2.30. The van der Waals surface area contributed by atoms with Crippen LogP contribution in [-0.4, -0.2) is 15.5 Å². The molecule has 0 radical (unpaired) electrons. The minimum absolute atomic E-state index is 0.0780. The number of hydrogen-bond acceptors (Lipinski definition) is 3. The molecule has 5 nitrogen and oxygen atoms in total. The largest absolute Gasteiger partial charge is 0.350 e. The SMILES string of the molecule is CC(C)(N)c1ccc(CNC(=O)Cn2cnc3ccc(F)c(F)c32)cc1F. The summed E-state index contributed by atoms with van der Waals surface area (Å²) in [5.41, 5.74) is 6.19. The van der Waals surface area contributed by atoms with Gasteiger partial charge in [0.1, 0.15) is 17.9 Å². The third-order valence-electron chi connectivity index (χ3n) is 4.20. The highest BCUT2D eigenvalue weighted by Crippen LogP contribution is 2.22. The normalized spacial score (nSPS) is 11.8. The molecule has 0 aliphatic rings. The van der Waals surface area contributed by atoms with Gasteiger partial charge in [-0.15, -0.1) is 0 Å². The van der Waals surface area contributed by atoms with Crippen LogP contribution in [0.4, 0.5) is 13.2 Å². The number of nitrogens with zero attached hydrogens (tertiary/aromatic N) is 2. The van der Waals surface area contributed by atoms with Gasteiger partial charge in [-0.3, -0.25) is 4.79 Å². The predicted octanol–water partition coefficient (Wildman–Crippen LogP) is 2.96. The fraction of sp³-hybridized carbons (Fsp3) is 0.263. The summed E-state index contributed by atoms with van der Waals surface area (Å²) in [5.74, 6) is -2.96. The zero-order chi connectivity index (χ0) is 19.8. The summed E-state index contributed by atoms with van der Waals surface area (Å²) in [6.07, 6.45) is 1.27. The number of nitrogens with one attached hydrogen (secondary N) is 1. The molecule has 142 valence electrons. The topological polar surface area (TPSA) is 72.9 Å². The third-order valence-corrected chi connectivity index (χ3v) is 4.20. The second-order valence-electron chi connectivity index (χ2n) is 6.91. The highest BCUT2D eigenvalue weighted by Gasteiger charge is 2.19. The average molecular weight is 376 g/mol. The van der Waals surface area contributed by atoms with Gasteiger partial charge in [-0.25, -0.2) is 18.2 Å². The molecule has 3 rings (SSSR count). The first-order valence-electron chi connectivity index (χ1n) is 8.30. The quantitative estimate of drug-likeness (QED) is 0.719. The maximum absolute atomic E-state index is 14.2. The Morgan fingerprint density at radius 1 is 1.19 bits per heavy atom. The van der Waals surface area contributed by atoms with E-state index < -0.39 is 28.9 Å². The Kier molecular flexibility index (Phi) is 4.93. The lowest BCUT2D eigenvalue weighted by atomic mass is 9.94. The number of carbonyl (C=O) groups excluding carboxylic acids is 1. The standard InChI is InChI=1S/C19H19F3N4O/c1-19(2,23)12-4-3-11(7-14(12)21)8-24-16(27)9-26-10-25-15-6-5-13(20)17(22)18(15)26/h3-7,10H,8-9,23H2,1-2H3,(H,24,27). The Balaban J connectivity index is 1.69. The van der Waals surface area contributed by atoms with Crippen molar-refractivity contribution < 1.29 is 18.0 Å². The number of nitrogens with two attached hydrogens (primary N) is 1. The number of aromatic nitrogens is 2. The summed E-state index contributed by atoms with van der Waals surface area (Å²) in [4.78, 5) is 16.1. The first-order chi connectivity index (χ1) is 12.7. The van der Waals surface area contributed by atoms with Crippen LogP contribution in [-0.2, 0) is 23.4 Å². The Morgan fingerprint density at radius 2 is 1.93 bits per heavy atom. The summed E-state index contributed by atoms with van der Waals surface area (Å²) in [6, 6.07) is 6.89. The van der Waals surface area contributed by atoms with Crippen LogP contribution in [0.25, 0.3) is 11.0 Å². The van der Waals surface area contributed by atoms with E-state index >= 15 is 0 Å². The predicted molar refractivity (Wildman–Crippen MR) is 95.1 cm³/mol. The number of hydrogen-bond donors (Lipinski definition) is 2. The molecule has 1 aromatic heterocycles. The van der Waals surface area contributed by atoms with E-state index in [2.05, 4.69) is 10.3 Å². The number of amides is 1. The van der Waals surface area contributed by atoms with Crippen molar-refractivity contribution in [2.45, 2.75) is 32.5 Å². The van der Waals surface area contributed by atoms with E-state index in [1.54, 1.807) is 26.0 Å². The highest BCUT2D eigenvalue weighted by atomic mass is 19.2.